The normalized spacial score (nSPS) is 23.1. The highest BCUT2D eigenvalue weighted by Crippen LogP contribution is 2.13. The van der Waals surface area contributed by atoms with Crippen LogP contribution in [0.15, 0.2) is 0 Å². The van der Waals surface area contributed by atoms with Gasteiger partial charge in [-0.2, -0.15) is 4.31 Å². The van der Waals surface area contributed by atoms with Gasteiger partial charge in [-0.3, -0.25) is 0 Å². The van der Waals surface area contributed by atoms with E-state index in [9.17, 15) is 13.2 Å². The lowest BCUT2D eigenvalue weighted by Gasteiger charge is -2.35. The average molecular weight is 261 g/mol. The number of amides is 2. The van der Waals surface area contributed by atoms with Crippen molar-refractivity contribution in [2.45, 2.75) is 12.8 Å². The molecule has 2 rings (SSSR count). The average Bonchev–Trinajstić information content (AvgIpc) is 2.80. The van der Waals surface area contributed by atoms with Gasteiger partial charge >= 0.3 is 6.03 Å². The summed E-state index contributed by atoms with van der Waals surface area (Å²) in [6.07, 6.45) is 3.37. The van der Waals surface area contributed by atoms with Crippen molar-refractivity contribution in [2.24, 2.45) is 0 Å². The van der Waals surface area contributed by atoms with Gasteiger partial charge in [0.2, 0.25) is 10.0 Å². The number of hydrogen-bond acceptors (Lipinski definition) is 3. The second-order valence-electron chi connectivity index (χ2n) is 4.63. The molecule has 0 bridgehead atoms. The van der Waals surface area contributed by atoms with Gasteiger partial charge in [0.15, 0.2) is 0 Å². The molecule has 2 aliphatic rings. The second-order valence-corrected chi connectivity index (χ2v) is 6.61. The van der Waals surface area contributed by atoms with Crippen LogP contribution in [0.3, 0.4) is 0 Å². The smallest absolute Gasteiger partial charge is 0.320 e. The number of hydrogen-bond donors (Lipinski definition) is 0. The van der Waals surface area contributed by atoms with Gasteiger partial charge in [-0.15, -0.1) is 0 Å². The van der Waals surface area contributed by atoms with Gasteiger partial charge in [0, 0.05) is 39.3 Å². The van der Waals surface area contributed by atoms with Gasteiger partial charge in [-0.1, -0.05) is 0 Å². The largest absolute Gasteiger partial charge is 0.325 e. The molecule has 0 saturated carbocycles. The topological polar surface area (TPSA) is 60.9 Å². The summed E-state index contributed by atoms with van der Waals surface area (Å²) >= 11 is 0. The zero-order chi connectivity index (χ0) is 12.5. The molecule has 17 heavy (non-hydrogen) atoms. The molecule has 0 unspecified atom stereocenters. The highest BCUT2D eigenvalue weighted by atomic mass is 32.2. The van der Waals surface area contributed by atoms with E-state index in [-0.39, 0.29) is 6.03 Å². The minimum absolute atomic E-state index is 0.0654. The maximum absolute atomic E-state index is 12.0. The van der Waals surface area contributed by atoms with Crippen LogP contribution in [0.25, 0.3) is 0 Å². The van der Waals surface area contributed by atoms with Crippen LogP contribution in [0.4, 0.5) is 4.79 Å². The number of likely N-dealkylation sites (tertiary alicyclic amines) is 1. The van der Waals surface area contributed by atoms with E-state index in [1.165, 1.54) is 10.6 Å². The van der Waals surface area contributed by atoms with Crippen molar-refractivity contribution >= 4 is 16.1 Å². The highest BCUT2D eigenvalue weighted by Gasteiger charge is 2.29. The van der Waals surface area contributed by atoms with Gasteiger partial charge in [0.05, 0.1) is 6.26 Å². The predicted molar refractivity (Wildman–Crippen MR) is 64.2 cm³/mol. The zero-order valence-electron chi connectivity index (χ0n) is 10.1. The van der Waals surface area contributed by atoms with Crippen molar-refractivity contribution in [3.05, 3.63) is 0 Å². The predicted octanol–water partition coefficient (Wildman–Crippen LogP) is -0.221. The Morgan fingerprint density at radius 1 is 0.882 bits per heavy atom. The third kappa shape index (κ3) is 2.90. The van der Waals surface area contributed by atoms with Crippen molar-refractivity contribution in [1.82, 2.24) is 14.1 Å². The molecule has 98 valence electrons. The zero-order valence-corrected chi connectivity index (χ0v) is 10.9. The number of rotatable bonds is 1. The van der Waals surface area contributed by atoms with Crippen LogP contribution >= 0.6 is 0 Å². The minimum atomic E-state index is -3.11. The fourth-order valence-corrected chi connectivity index (χ4v) is 3.15. The van der Waals surface area contributed by atoms with Crippen molar-refractivity contribution in [1.29, 1.82) is 0 Å². The molecule has 2 amide bonds. The quantitative estimate of drug-likeness (QED) is 0.655. The number of carbonyl (C=O) groups excluding carboxylic acids is 1. The van der Waals surface area contributed by atoms with Gasteiger partial charge in [-0.05, 0) is 12.8 Å². The van der Waals surface area contributed by atoms with E-state index in [4.69, 9.17) is 0 Å². The Hall–Kier alpha value is -0.820. The summed E-state index contributed by atoms with van der Waals surface area (Å²) in [5, 5.41) is 0. The number of piperazine rings is 1. The van der Waals surface area contributed by atoms with E-state index >= 15 is 0 Å². The van der Waals surface area contributed by atoms with Crippen LogP contribution < -0.4 is 0 Å². The Balaban J connectivity index is 1.88. The third-order valence-electron chi connectivity index (χ3n) is 3.35. The van der Waals surface area contributed by atoms with E-state index in [2.05, 4.69) is 0 Å². The lowest BCUT2D eigenvalue weighted by atomic mass is 10.4. The summed E-state index contributed by atoms with van der Waals surface area (Å²) in [6, 6.07) is 0.0654. The molecule has 0 aromatic carbocycles. The van der Waals surface area contributed by atoms with E-state index in [1.807, 2.05) is 4.90 Å². The van der Waals surface area contributed by atoms with Gasteiger partial charge in [-0.25, -0.2) is 13.2 Å². The first-order valence-electron chi connectivity index (χ1n) is 5.97. The van der Waals surface area contributed by atoms with Crippen LogP contribution in [0, 0.1) is 0 Å². The molecule has 0 aromatic rings. The third-order valence-corrected chi connectivity index (χ3v) is 4.66. The molecule has 7 heteroatoms. The molecule has 0 N–H and O–H groups in total. The molecule has 2 fully saturated rings. The maximum atomic E-state index is 12.0. The van der Waals surface area contributed by atoms with Crippen molar-refractivity contribution in [2.75, 3.05) is 45.5 Å². The number of urea groups is 1. The molecule has 0 aromatic heterocycles. The number of sulfonamides is 1. The summed E-state index contributed by atoms with van der Waals surface area (Å²) in [4.78, 5) is 15.7. The summed E-state index contributed by atoms with van der Waals surface area (Å²) in [7, 11) is -3.11. The Bertz CT molecular complexity index is 382. The van der Waals surface area contributed by atoms with Gasteiger partial charge < -0.3 is 9.80 Å². The van der Waals surface area contributed by atoms with Crippen LogP contribution in [0.5, 0.6) is 0 Å². The van der Waals surface area contributed by atoms with Crippen molar-refractivity contribution in [3.63, 3.8) is 0 Å². The molecule has 2 aliphatic heterocycles. The minimum Gasteiger partial charge on any atom is -0.325 e. The standard InChI is InChI=1S/C10H19N3O3S/c1-17(15,16)13-8-6-12(7-9-13)10(14)11-4-2-3-5-11/h2-9H2,1H3. The summed E-state index contributed by atoms with van der Waals surface area (Å²) < 4.78 is 24.1. The van der Waals surface area contributed by atoms with Crippen molar-refractivity contribution < 1.29 is 13.2 Å². The van der Waals surface area contributed by atoms with E-state index in [1.54, 1.807) is 4.90 Å². The molecule has 6 nitrogen and oxygen atoms in total. The Labute approximate surface area is 102 Å². The molecular weight excluding hydrogens is 242 g/mol. The van der Waals surface area contributed by atoms with E-state index < -0.39 is 10.0 Å². The molecule has 0 atom stereocenters. The fourth-order valence-electron chi connectivity index (χ4n) is 2.32. The molecule has 2 heterocycles. The first-order chi connectivity index (χ1) is 7.98. The maximum Gasteiger partial charge on any atom is 0.320 e. The lowest BCUT2D eigenvalue weighted by Crippen LogP contribution is -2.53. The van der Waals surface area contributed by atoms with Gasteiger partial charge in [0.1, 0.15) is 0 Å². The summed E-state index contributed by atoms with van der Waals surface area (Å²) in [6.45, 7) is 3.51. The van der Waals surface area contributed by atoms with E-state index in [0.29, 0.717) is 26.2 Å². The fraction of sp³-hybridized carbons (Fsp3) is 0.900. The van der Waals surface area contributed by atoms with Crippen LogP contribution in [-0.2, 0) is 10.0 Å². The molecular formula is C10H19N3O3S. The lowest BCUT2D eigenvalue weighted by molar-refractivity contribution is 0.142. The SMILES string of the molecule is CS(=O)(=O)N1CCN(C(=O)N2CCCC2)CC1. The summed E-state index contributed by atoms with van der Waals surface area (Å²) in [5.41, 5.74) is 0. The van der Waals surface area contributed by atoms with Crippen LogP contribution in [0.1, 0.15) is 12.8 Å². The Morgan fingerprint density at radius 3 is 1.82 bits per heavy atom. The Morgan fingerprint density at radius 2 is 1.35 bits per heavy atom. The first-order valence-corrected chi connectivity index (χ1v) is 7.82. The van der Waals surface area contributed by atoms with Gasteiger partial charge in [0.25, 0.3) is 0 Å². The number of carbonyl (C=O) groups is 1. The Kier molecular flexibility index (Phi) is 3.58. The van der Waals surface area contributed by atoms with Crippen LogP contribution in [-0.4, -0.2) is 74.1 Å². The number of nitrogens with zero attached hydrogens (tertiary/aromatic N) is 3. The molecule has 0 radical (unpaired) electrons. The van der Waals surface area contributed by atoms with Crippen molar-refractivity contribution in [3.8, 4) is 0 Å². The highest BCUT2D eigenvalue weighted by molar-refractivity contribution is 7.88. The van der Waals surface area contributed by atoms with Crippen LogP contribution in [0.2, 0.25) is 0 Å². The van der Waals surface area contributed by atoms with E-state index in [0.717, 1.165) is 25.9 Å². The first kappa shape index (κ1) is 12.6. The molecule has 0 spiro atoms. The second kappa shape index (κ2) is 4.81. The monoisotopic (exact) mass is 261 g/mol. The molecule has 2 saturated heterocycles. The molecule has 0 aliphatic carbocycles. The summed E-state index contributed by atoms with van der Waals surface area (Å²) in [5.74, 6) is 0.